The van der Waals surface area contributed by atoms with E-state index in [9.17, 15) is 18.3 Å². The summed E-state index contributed by atoms with van der Waals surface area (Å²) in [7, 11) is -3.75. The predicted octanol–water partition coefficient (Wildman–Crippen LogP) is 0.498. The van der Waals surface area contributed by atoms with Crippen molar-refractivity contribution >= 4 is 27.6 Å². The Morgan fingerprint density at radius 1 is 1.03 bits per heavy atom. The molecule has 0 spiro atoms. The van der Waals surface area contributed by atoms with Crippen LogP contribution in [0.5, 0.6) is 0 Å². The number of hydrogen-bond acceptors (Lipinski definition) is 6. The average Bonchev–Trinajstić information content (AvgIpc) is 2.79. The van der Waals surface area contributed by atoms with Crippen molar-refractivity contribution in [3.8, 4) is 0 Å². The Kier molecular flexibility index (Phi) is 12.0. The number of hydrogen-bond donors (Lipinski definition) is 1. The summed E-state index contributed by atoms with van der Waals surface area (Å²) in [5.41, 5.74) is 2.01. The smallest absolute Gasteiger partial charge is 0.545 e. The SMILES string of the molecule is CC(C)CC(CN(Cc1ccc(C(=O)[O-])cc1)Cc1cccnc1)NS(=O)(=O)c1ccc(Cl)cc1.[Na+]. The number of aromatic carboxylic acids is 1. The molecule has 1 unspecified atom stereocenters. The summed E-state index contributed by atoms with van der Waals surface area (Å²) in [6.45, 7) is 5.59. The van der Waals surface area contributed by atoms with E-state index in [4.69, 9.17) is 11.6 Å². The fourth-order valence-electron chi connectivity index (χ4n) is 3.88. The number of carbonyl (C=O) groups excluding carboxylic acids is 1. The van der Waals surface area contributed by atoms with Crippen LogP contribution in [0.1, 0.15) is 41.8 Å². The molecule has 3 aromatic rings. The molecule has 0 amide bonds. The third-order valence-corrected chi connectivity index (χ3v) is 7.19. The van der Waals surface area contributed by atoms with Crippen molar-refractivity contribution < 1.29 is 47.9 Å². The number of carboxylic acid groups (broad SMARTS) is 1. The van der Waals surface area contributed by atoms with Gasteiger partial charge in [-0.2, -0.15) is 0 Å². The van der Waals surface area contributed by atoms with Crippen molar-refractivity contribution in [1.82, 2.24) is 14.6 Å². The molecule has 0 saturated carbocycles. The van der Waals surface area contributed by atoms with E-state index >= 15 is 0 Å². The number of nitrogens with zero attached hydrogens (tertiary/aromatic N) is 2. The summed E-state index contributed by atoms with van der Waals surface area (Å²) in [5.74, 6) is -0.965. The fraction of sp³-hybridized carbons (Fsp3) is 0.308. The first-order valence-corrected chi connectivity index (χ1v) is 13.2. The molecule has 0 aliphatic carbocycles. The van der Waals surface area contributed by atoms with Crippen molar-refractivity contribution in [1.29, 1.82) is 0 Å². The number of nitrogens with one attached hydrogen (secondary N) is 1. The fourth-order valence-corrected chi connectivity index (χ4v) is 5.25. The van der Waals surface area contributed by atoms with Gasteiger partial charge in [0.15, 0.2) is 0 Å². The average molecular weight is 538 g/mol. The molecule has 0 saturated heterocycles. The molecule has 186 valence electrons. The Morgan fingerprint density at radius 2 is 1.67 bits per heavy atom. The van der Waals surface area contributed by atoms with E-state index in [0.717, 1.165) is 11.1 Å². The van der Waals surface area contributed by atoms with Crippen LogP contribution in [0, 0.1) is 5.92 Å². The van der Waals surface area contributed by atoms with Crippen LogP contribution in [0.4, 0.5) is 0 Å². The van der Waals surface area contributed by atoms with Crippen molar-refractivity contribution in [2.75, 3.05) is 6.54 Å². The van der Waals surface area contributed by atoms with E-state index in [1.807, 2.05) is 26.0 Å². The molecule has 3 rings (SSSR count). The third kappa shape index (κ3) is 9.59. The Morgan fingerprint density at radius 3 is 2.22 bits per heavy atom. The van der Waals surface area contributed by atoms with Gasteiger partial charge in [0.2, 0.25) is 10.0 Å². The maximum absolute atomic E-state index is 13.1. The molecule has 10 heteroatoms. The molecule has 1 aromatic heterocycles. The normalized spacial score (nSPS) is 12.4. The first-order valence-electron chi connectivity index (χ1n) is 11.3. The first-order chi connectivity index (χ1) is 16.6. The number of carbonyl (C=O) groups is 1. The van der Waals surface area contributed by atoms with Crippen LogP contribution in [0.15, 0.2) is 78.0 Å². The van der Waals surface area contributed by atoms with Crippen molar-refractivity contribution in [3.05, 3.63) is 94.8 Å². The Labute approximate surface area is 240 Å². The second-order valence-corrected chi connectivity index (χ2v) is 11.1. The van der Waals surface area contributed by atoms with Gasteiger partial charge in [-0.25, -0.2) is 13.1 Å². The van der Waals surface area contributed by atoms with Crippen molar-refractivity contribution in [2.24, 2.45) is 5.92 Å². The van der Waals surface area contributed by atoms with Gasteiger partial charge < -0.3 is 9.90 Å². The largest absolute Gasteiger partial charge is 1.00 e. The number of aromatic nitrogens is 1. The van der Waals surface area contributed by atoms with Gasteiger partial charge in [0.1, 0.15) is 0 Å². The summed E-state index contributed by atoms with van der Waals surface area (Å²) in [6.07, 6.45) is 4.12. The minimum Gasteiger partial charge on any atom is -0.545 e. The van der Waals surface area contributed by atoms with Crippen molar-refractivity contribution in [3.63, 3.8) is 0 Å². The molecule has 0 radical (unpaired) electrons. The summed E-state index contributed by atoms with van der Waals surface area (Å²) in [4.78, 5) is 17.6. The third-order valence-electron chi connectivity index (χ3n) is 5.41. The van der Waals surface area contributed by atoms with E-state index in [-0.39, 0.29) is 52.0 Å². The van der Waals surface area contributed by atoms with Crippen molar-refractivity contribution in [2.45, 2.75) is 44.3 Å². The molecule has 0 aliphatic rings. The van der Waals surface area contributed by atoms with Gasteiger partial charge in [-0.3, -0.25) is 9.88 Å². The van der Waals surface area contributed by atoms with Crippen LogP contribution in [-0.4, -0.2) is 36.9 Å². The zero-order valence-corrected chi connectivity index (χ0v) is 24.3. The molecule has 0 bridgehead atoms. The Bertz CT molecular complexity index is 1210. The van der Waals surface area contributed by atoms with Crippen LogP contribution >= 0.6 is 11.6 Å². The van der Waals surface area contributed by atoms with Crippen LogP contribution in [0.3, 0.4) is 0 Å². The zero-order valence-electron chi connectivity index (χ0n) is 20.7. The second-order valence-electron chi connectivity index (χ2n) is 8.92. The van der Waals surface area contributed by atoms with Gasteiger partial charge in [0.05, 0.1) is 10.9 Å². The Hall–Kier alpha value is -1.78. The molecule has 7 nitrogen and oxygen atoms in total. The number of sulfonamides is 1. The predicted molar refractivity (Wildman–Crippen MR) is 134 cm³/mol. The standard InChI is InChI=1S/C26H30ClN3O4S.Na/c1-19(2)14-24(29-35(33,34)25-11-9-23(27)10-12-25)18-30(17-21-4-3-13-28-15-21)16-20-5-7-22(8-6-20)26(31)32;/h3-13,15,19,24,29H,14,16-18H2,1-2H3,(H,31,32);/q;+1/p-1. The number of benzene rings is 2. The van der Waals surface area contributed by atoms with E-state index in [0.29, 0.717) is 31.1 Å². The van der Waals surface area contributed by atoms with Crippen LogP contribution in [0.25, 0.3) is 0 Å². The summed E-state index contributed by atoms with van der Waals surface area (Å²) in [6, 6.07) is 16.1. The first kappa shape index (κ1) is 30.4. The number of rotatable bonds is 12. The molecule has 0 fully saturated rings. The number of carboxylic acids is 1. The second kappa shape index (κ2) is 14.2. The molecule has 0 aliphatic heterocycles. The minimum atomic E-state index is -3.75. The number of halogens is 1. The topological polar surface area (TPSA) is 102 Å². The molecule has 1 atom stereocenters. The van der Waals surface area contributed by atoms with Gasteiger partial charge in [-0.15, -0.1) is 0 Å². The summed E-state index contributed by atoms with van der Waals surface area (Å²) >= 11 is 5.92. The summed E-state index contributed by atoms with van der Waals surface area (Å²) < 4.78 is 29.1. The number of pyridine rings is 1. The molecule has 1 heterocycles. The maximum Gasteiger partial charge on any atom is 1.00 e. The molecule has 36 heavy (non-hydrogen) atoms. The monoisotopic (exact) mass is 537 g/mol. The van der Waals surface area contributed by atoms with E-state index in [2.05, 4.69) is 14.6 Å². The summed E-state index contributed by atoms with van der Waals surface area (Å²) in [5, 5.41) is 11.6. The van der Waals surface area contributed by atoms with E-state index < -0.39 is 16.0 Å². The maximum atomic E-state index is 13.1. The zero-order chi connectivity index (χ0) is 25.4. The minimum absolute atomic E-state index is 0. The molecular formula is C26H29ClN3NaO4S. The molecular weight excluding hydrogens is 509 g/mol. The van der Waals surface area contributed by atoms with Gasteiger partial charge >= 0.3 is 29.6 Å². The quantitative estimate of drug-likeness (QED) is 0.338. The van der Waals surface area contributed by atoms with Gasteiger partial charge in [-0.05, 0) is 59.4 Å². The Balaban J connectivity index is 0.00000456. The molecule has 2 aromatic carbocycles. The van der Waals surface area contributed by atoms with Gasteiger partial charge in [0.25, 0.3) is 0 Å². The van der Waals surface area contributed by atoms with Crippen LogP contribution < -0.4 is 39.4 Å². The molecule has 1 N–H and O–H groups in total. The van der Waals surface area contributed by atoms with Crippen LogP contribution in [-0.2, 0) is 23.1 Å². The van der Waals surface area contributed by atoms with Gasteiger partial charge in [-0.1, -0.05) is 55.8 Å². The van der Waals surface area contributed by atoms with Crippen LogP contribution in [0.2, 0.25) is 5.02 Å². The van der Waals surface area contributed by atoms with E-state index in [1.54, 1.807) is 36.7 Å². The van der Waals surface area contributed by atoms with E-state index in [1.165, 1.54) is 24.3 Å². The van der Waals surface area contributed by atoms with Gasteiger partial charge in [0, 0.05) is 43.1 Å².